The molecule has 0 atom stereocenters. The maximum Gasteiger partial charge on any atom is 0.274 e. The molecule has 0 saturated heterocycles. The van der Waals surface area contributed by atoms with Crippen molar-refractivity contribution in [1.29, 1.82) is 0 Å². The third-order valence-electron chi connectivity index (χ3n) is 5.43. The average molecular weight is 429 g/mol. The lowest BCUT2D eigenvalue weighted by Crippen LogP contribution is -2.24. The van der Waals surface area contributed by atoms with Crippen molar-refractivity contribution in [2.75, 3.05) is 11.6 Å². The van der Waals surface area contributed by atoms with E-state index in [0.29, 0.717) is 34.3 Å². The monoisotopic (exact) mass is 428 g/mol. The summed E-state index contributed by atoms with van der Waals surface area (Å²) in [6.45, 7) is 4.13. The van der Waals surface area contributed by atoms with Crippen LogP contribution in [-0.4, -0.2) is 29.7 Å². The molecule has 1 aliphatic rings. The van der Waals surface area contributed by atoms with Crippen LogP contribution in [0.4, 0.5) is 5.69 Å². The Labute approximate surface area is 174 Å². The molecule has 0 unspecified atom stereocenters. The van der Waals surface area contributed by atoms with Gasteiger partial charge in [-0.05, 0) is 31.5 Å². The number of amides is 1. The number of carbonyl (C=O) groups excluding carboxylic acids is 1. The van der Waals surface area contributed by atoms with Crippen LogP contribution < -0.4 is 16.6 Å². The second kappa shape index (κ2) is 6.73. The minimum atomic E-state index is -3.21. The number of nitrogens with one attached hydrogen (secondary N) is 1. The summed E-state index contributed by atoms with van der Waals surface area (Å²) in [7, 11) is -1.54. The molecule has 3 aromatic rings. The lowest BCUT2D eigenvalue weighted by molar-refractivity contribution is 0.0989. The molecule has 4 rings (SSSR count). The Morgan fingerprint density at radius 1 is 1.27 bits per heavy atom. The number of sulfone groups is 1. The topological polar surface area (TPSA) is 116 Å². The van der Waals surface area contributed by atoms with E-state index in [1.54, 1.807) is 23.9 Å². The maximum absolute atomic E-state index is 13.1. The quantitative estimate of drug-likeness (QED) is 0.661. The molecular weight excluding hydrogens is 404 g/mol. The van der Waals surface area contributed by atoms with E-state index >= 15 is 0 Å². The van der Waals surface area contributed by atoms with Crippen LogP contribution in [0, 0.1) is 0 Å². The van der Waals surface area contributed by atoms with Gasteiger partial charge in [-0.15, -0.1) is 0 Å². The molecule has 3 N–H and O–H groups in total. The molecule has 3 heterocycles. The zero-order valence-electron chi connectivity index (χ0n) is 17.3. The summed E-state index contributed by atoms with van der Waals surface area (Å²) >= 11 is 0. The molecule has 0 spiro atoms. The minimum Gasteiger partial charge on any atom is -0.380 e. The highest BCUT2D eigenvalue weighted by Crippen LogP contribution is 2.41. The summed E-state index contributed by atoms with van der Waals surface area (Å²) in [6.07, 6.45) is 2.93. The molecule has 0 saturated carbocycles. The van der Waals surface area contributed by atoms with Crippen molar-refractivity contribution < 1.29 is 13.2 Å². The van der Waals surface area contributed by atoms with Crippen LogP contribution in [0.15, 0.2) is 29.2 Å². The SMILES string of the molecule is CC(C)n1c(C(N)=O)c2c3c(cn(C)c(=O)c31)-c1cc(CS(C)(=O)=O)ccc1NC2. The molecule has 30 heavy (non-hydrogen) atoms. The van der Waals surface area contributed by atoms with Crippen LogP contribution in [0.5, 0.6) is 0 Å². The normalized spacial score (nSPS) is 13.2. The fourth-order valence-electron chi connectivity index (χ4n) is 4.33. The summed E-state index contributed by atoms with van der Waals surface area (Å²) in [4.78, 5) is 25.5. The first-order valence-electron chi connectivity index (χ1n) is 9.60. The Morgan fingerprint density at radius 2 is 1.97 bits per heavy atom. The molecule has 9 heteroatoms. The van der Waals surface area contributed by atoms with Gasteiger partial charge in [-0.1, -0.05) is 6.07 Å². The van der Waals surface area contributed by atoms with E-state index in [2.05, 4.69) is 5.32 Å². The Bertz CT molecular complexity index is 1380. The molecule has 0 fully saturated rings. The molecule has 158 valence electrons. The zero-order chi connectivity index (χ0) is 22.0. The predicted molar refractivity (Wildman–Crippen MR) is 117 cm³/mol. The number of aryl methyl sites for hydroxylation is 1. The van der Waals surface area contributed by atoms with Gasteiger partial charge in [0.2, 0.25) is 0 Å². The largest absolute Gasteiger partial charge is 0.380 e. The van der Waals surface area contributed by atoms with Crippen LogP contribution in [0.2, 0.25) is 0 Å². The third kappa shape index (κ3) is 3.09. The number of anilines is 1. The van der Waals surface area contributed by atoms with Crippen molar-refractivity contribution in [1.82, 2.24) is 9.13 Å². The van der Waals surface area contributed by atoms with Crippen LogP contribution in [0.3, 0.4) is 0 Å². The van der Waals surface area contributed by atoms with E-state index in [0.717, 1.165) is 16.8 Å². The lowest BCUT2D eigenvalue weighted by atomic mass is 9.99. The lowest BCUT2D eigenvalue weighted by Gasteiger charge is -2.16. The number of carbonyl (C=O) groups is 1. The molecule has 1 aliphatic heterocycles. The molecule has 1 aromatic carbocycles. The maximum atomic E-state index is 13.1. The smallest absolute Gasteiger partial charge is 0.274 e. The number of nitrogens with two attached hydrogens (primary N) is 1. The highest BCUT2D eigenvalue weighted by atomic mass is 32.2. The van der Waals surface area contributed by atoms with Gasteiger partial charge in [-0.25, -0.2) is 8.42 Å². The van der Waals surface area contributed by atoms with Gasteiger partial charge in [0.05, 0.1) is 5.75 Å². The van der Waals surface area contributed by atoms with Crippen molar-refractivity contribution in [3.8, 4) is 11.1 Å². The third-order valence-corrected chi connectivity index (χ3v) is 6.29. The van der Waals surface area contributed by atoms with Gasteiger partial charge in [0.1, 0.15) is 11.2 Å². The van der Waals surface area contributed by atoms with Crippen LogP contribution >= 0.6 is 0 Å². The Balaban J connectivity index is 2.15. The highest BCUT2D eigenvalue weighted by molar-refractivity contribution is 7.89. The summed E-state index contributed by atoms with van der Waals surface area (Å²) in [6, 6.07) is 5.28. The Morgan fingerprint density at radius 3 is 2.57 bits per heavy atom. The van der Waals surface area contributed by atoms with Crippen LogP contribution in [0.1, 0.15) is 41.5 Å². The predicted octanol–water partition coefficient (Wildman–Crippen LogP) is 2.16. The van der Waals surface area contributed by atoms with Crippen molar-refractivity contribution >= 4 is 32.3 Å². The summed E-state index contributed by atoms with van der Waals surface area (Å²) < 4.78 is 26.8. The first-order chi connectivity index (χ1) is 14.0. The number of hydrogen-bond donors (Lipinski definition) is 2. The zero-order valence-corrected chi connectivity index (χ0v) is 18.1. The van der Waals surface area contributed by atoms with Crippen molar-refractivity contribution in [2.45, 2.75) is 32.2 Å². The van der Waals surface area contributed by atoms with Crippen molar-refractivity contribution in [3.63, 3.8) is 0 Å². The van der Waals surface area contributed by atoms with E-state index in [1.165, 1.54) is 10.8 Å². The van der Waals surface area contributed by atoms with E-state index in [9.17, 15) is 18.0 Å². The van der Waals surface area contributed by atoms with Crippen molar-refractivity contribution in [2.24, 2.45) is 12.8 Å². The molecule has 0 aliphatic carbocycles. The molecular formula is C21H24N4O4S. The number of fused-ring (bicyclic) bond motifs is 2. The number of hydrogen-bond acceptors (Lipinski definition) is 5. The second-order valence-electron chi connectivity index (χ2n) is 8.14. The number of pyridine rings is 1. The van der Waals surface area contributed by atoms with Gasteiger partial charge < -0.3 is 20.2 Å². The fourth-order valence-corrected chi connectivity index (χ4v) is 5.11. The summed E-state index contributed by atoms with van der Waals surface area (Å²) in [5, 5.41) is 4.01. The van der Waals surface area contributed by atoms with Gasteiger partial charge in [0, 0.05) is 59.9 Å². The fraction of sp³-hybridized carbons (Fsp3) is 0.333. The van der Waals surface area contributed by atoms with Crippen LogP contribution in [0.25, 0.3) is 22.0 Å². The van der Waals surface area contributed by atoms with Gasteiger partial charge >= 0.3 is 0 Å². The first kappa shape index (κ1) is 20.2. The number of aromatic nitrogens is 2. The summed E-state index contributed by atoms with van der Waals surface area (Å²) in [5.41, 5.74) is 9.96. The van der Waals surface area contributed by atoms with Gasteiger partial charge in [-0.2, -0.15) is 0 Å². The van der Waals surface area contributed by atoms with Gasteiger partial charge in [0.25, 0.3) is 11.5 Å². The molecule has 8 nitrogen and oxygen atoms in total. The summed E-state index contributed by atoms with van der Waals surface area (Å²) in [5.74, 6) is -0.671. The number of rotatable bonds is 4. The van der Waals surface area contributed by atoms with E-state index in [-0.39, 0.29) is 17.4 Å². The molecule has 2 aromatic heterocycles. The first-order valence-corrected chi connectivity index (χ1v) is 11.7. The Kier molecular flexibility index (Phi) is 4.54. The molecule has 0 bridgehead atoms. The standard InChI is InChI=1S/C21H24N4O4S/c1-11(2)25-18(20(22)26)14-8-23-16-6-5-12(10-30(4,28)29)7-13(16)15-9-24(3)21(27)19(25)17(14)15/h5-7,9,11,23H,8,10H2,1-4H3,(H2,22,26). The van der Waals surface area contributed by atoms with E-state index in [4.69, 9.17) is 5.73 Å². The molecule has 1 amide bonds. The molecule has 0 radical (unpaired) electrons. The van der Waals surface area contributed by atoms with Crippen LogP contribution in [-0.2, 0) is 29.2 Å². The van der Waals surface area contributed by atoms with Gasteiger partial charge in [-0.3, -0.25) is 9.59 Å². The second-order valence-corrected chi connectivity index (χ2v) is 10.3. The average Bonchev–Trinajstić information content (AvgIpc) is 2.90. The highest BCUT2D eigenvalue weighted by Gasteiger charge is 2.29. The number of nitrogens with zero attached hydrogens (tertiary/aromatic N) is 2. The Hall–Kier alpha value is -3.07. The van der Waals surface area contributed by atoms with Gasteiger partial charge in [0.15, 0.2) is 9.84 Å². The van der Waals surface area contributed by atoms with E-state index < -0.39 is 15.7 Å². The van der Waals surface area contributed by atoms with E-state index in [1.807, 2.05) is 26.0 Å². The number of primary amides is 1. The van der Waals surface area contributed by atoms with Crippen molar-refractivity contribution in [3.05, 3.63) is 51.6 Å². The number of benzene rings is 1. The minimum absolute atomic E-state index is 0.0818.